The Morgan fingerprint density at radius 2 is 1.94 bits per heavy atom. The number of nitrogens with one attached hydrogen (secondary N) is 1. The first-order chi connectivity index (χ1) is 7.90. The Morgan fingerprint density at radius 1 is 1.12 bits per heavy atom. The summed E-state index contributed by atoms with van der Waals surface area (Å²) in [5.74, 6) is 1.14. The Labute approximate surface area is 96.0 Å². The van der Waals surface area contributed by atoms with Gasteiger partial charge in [-0.3, -0.25) is 0 Å². The fourth-order valence-electron chi connectivity index (χ4n) is 2.95. The van der Waals surface area contributed by atoms with Gasteiger partial charge < -0.3 is 10.1 Å². The van der Waals surface area contributed by atoms with Crippen LogP contribution in [0.3, 0.4) is 0 Å². The number of hydrogen-bond acceptors (Lipinski definition) is 2. The fraction of sp³-hybridized carbons (Fsp3) is 0.571. The molecule has 1 saturated carbocycles. The first-order valence-electron chi connectivity index (χ1n) is 6.45. The first kappa shape index (κ1) is 9.06. The van der Waals surface area contributed by atoms with E-state index in [1.54, 1.807) is 5.56 Å². The molecule has 1 unspecified atom stereocenters. The molecule has 1 aromatic carbocycles. The summed E-state index contributed by atoms with van der Waals surface area (Å²) >= 11 is 0. The summed E-state index contributed by atoms with van der Waals surface area (Å²) in [6.45, 7) is 0.828. The molecular formula is C14H17NO. The van der Waals surface area contributed by atoms with Crippen molar-refractivity contribution in [2.75, 3.05) is 6.61 Å². The average molecular weight is 215 g/mol. The van der Waals surface area contributed by atoms with Gasteiger partial charge in [-0.15, -0.1) is 0 Å². The van der Waals surface area contributed by atoms with Crippen LogP contribution in [0.5, 0.6) is 5.75 Å². The summed E-state index contributed by atoms with van der Waals surface area (Å²) in [4.78, 5) is 0. The molecule has 4 rings (SSSR count). The molecule has 1 aliphatic heterocycles. The van der Waals surface area contributed by atoms with Gasteiger partial charge in [-0.2, -0.15) is 0 Å². The van der Waals surface area contributed by atoms with Gasteiger partial charge in [0.2, 0.25) is 0 Å². The summed E-state index contributed by atoms with van der Waals surface area (Å²) in [5.41, 5.74) is 4.49. The molecular weight excluding hydrogens is 198 g/mol. The van der Waals surface area contributed by atoms with Crippen molar-refractivity contribution in [3.05, 3.63) is 28.8 Å². The Bertz CT molecular complexity index is 437. The van der Waals surface area contributed by atoms with E-state index in [-0.39, 0.29) is 0 Å². The topological polar surface area (TPSA) is 21.3 Å². The zero-order valence-electron chi connectivity index (χ0n) is 9.46. The van der Waals surface area contributed by atoms with Crippen molar-refractivity contribution >= 4 is 0 Å². The van der Waals surface area contributed by atoms with Crippen molar-refractivity contribution in [2.45, 2.75) is 44.2 Å². The molecule has 84 valence electrons. The number of benzene rings is 1. The number of hydrogen-bond donors (Lipinski definition) is 1. The molecule has 0 amide bonds. The maximum Gasteiger partial charge on any atom is 0.124 e. The van der Waals surface area contributed by atoms with Gasteiger partial charge in [0.05, 0.1) is 6.04 Å². The van der Waals surface area contributed by atoms with Crippen LogP contribution < -0.4 is 10.1 Å². The molecule has 1 heterocycles. The maximum absolute atomic E-state index is 5.80. The minimum atomic E-state index is 0.452. The quantitative estimate of drug-likeness (QED) is 0.817. The monoisotopic (exact) mass is 215 g/mol. The van der Waals surface area contributed by atoms with Crippen molar-refractivity contribution in [2.24, 2.45) is 0 Å². The van der Waals surface area contributed by atoms with Gasteiger partial charge in [0.1, 0.15) is 12.4 Å². The van der Waals surface area contributed by atoms with Gasteiger partial charge in [0, 0.05) is 11.6 Å². The lowest BCUT2D eigenvalue weighted by Crippen LogP contribution is -2.24. The Morgan fingerprint density at radius 3 is 2.75 bits per heavy atom. The SMILES string of the molecule is c1c2c(cc3c1OCC3NC1CC1)CCC2. The van der Waals surface area contributed by atoms with E-state index in [1.165, 1.54) is 43.2 Å². The van der Waals surface area contributed by atoms with Crippen molar-refractivity contribution in [1.82, 2.24) is 5.32 Å². The predicted octanol–water partition coefficient (Wildman–Crippen LogP) is 2.36. The molecule has 0 aromatic heterocycles. The lowest BCUT2D eigenvalue weighted by molar-refractivity contribution is 0.310. The van der Waals surface area contributed by atoms with Crippen LogP contribution in [0, 0.1) is 0 Å². The van der Waals surface area contributed by atoms with Crippen LogP contribution in [0.4, 0.5) is 0 Å². The molecule has 0 bridgehead atoms. The van der Waals surface area contributed by atoms with E-state index in [2.05, 4.69) is 17.4 Å². The highest BCUT2D eigenvalue weighted by Gasteiger charge is 2.31. The second-order valence-electron chi connectivity index (χ2n) is 5.32. The number of fused-ring (bicyclic) bond motifs is 2. The van der Waals surface area contributed by atoms with Crippen molar-refractivity contribution in [1.29, 1.82) is 0 Å². The second kappa shape index (κ2) is 3.24. The van der Waals surface area contributed by atoms with Crippen molar-refractivity contribution < 1.29 is 4.74 Å². The predicted molar refractivity (Wildman–Crippen MR) is 62.9 cm³/mol. The lowest BCUT2D eigenvalue weighted by atomic mass is 10.0. The highest BCUT2D eigenvalue weighted by molar-refractivity contribution is 5.48. The van der Waals surface area contributed by atoms with Gasteiger partial charge in [0.15, 0.2) is 0 Å². The van der Waals surface area contributed by atoms with Crippen molar-refractivity contribution in [3.8, 4) is 5.75 Å². The molecule has 3 aliphatic rings. The van der Waals surface area contributed by atoms with E-state index in [0.29, 0.717) is 6.04 Å². The van der Waals surface area contributed by atoms with E-state index in [0.717, 1.165) is 18.4 Å². The van der Waals surface area contributed by atoms with E-state index in [9.17, 15) is 0 Å². The molecule has 1 N–H and O–H groups in total. The van der Waals surface area contributed by atoms with Crippen LogP contribution in [0.15, 0.2) is 12.1 Å². The van der Waals surface area contributed by atoms with Crippen molar-refractivity contribution in [3.63, 3.8) is 0 Å². The van der Waals surface area contributed by atoms with Crippen LogP contribution in [-0.2, 0) is 12.8 Å². The molecule has 1 fully saturated rings. The number of rotatable bonds is 2. The molecule has 0 saturated heterocycles. The van der Waals surface area contributed by atoms with Crippen LogP contribution >= 0.6 is 0 Å². The smallest absolute Gasteiger partial charge is 0.124 e. The van der Waals surface area contributed by atoms with E-state index in [4.69, 9.17) is 4.74 Å². The molecule has 2 aliphatic carbocycles. The minimum absolute atomic E-state index is 0.452. The molecule has 0 radical (unpaired) electrons. The second-order valence-corrected chi connectivity index (χ2v) is 5.32. The largest absolute Gasteiger partial charge is 0.491 e. The molecule has 1 atom stereocenters. The minimum Gasteiger partial charge on any atom is -0.491 e. The summed E-state index contributed by atoms with van der Waals surface area (Å²) in [6, 6.07) is 5.89. The third-order valence-electron chi connectivity index (χ3n) is 4.02. The summed E-state index contributed by atoms with van der Waals surface area (Å²) in [5, 5.41) is 3.68. The summed E-state index contributed by atoms with van der Waals surface area (Å²) < 4.78 is 5.80. The van der Waals surface area contributed by atoms with E-state index in [1.807, 2.05) is 0 Å². The molecule has 2 heteroatoms. The Balaban J connectivity index is 1.69. The third kappa shape index (κ3) is 1.36. The van der Waals surface area contributed by atoms with Crippen LogP contribution in [-0.4, -0.2) is 12.6 Å². The third-order valence-corrected chi connectivity index (χ3v) is 4.02. The van der Waals surface area contributed by atoms with Crippen LogP contribution in [0.25, 0.3) is 0 Å². The number of aryl methyl sites for hydroxylation is 2. The first-order valence-corrected chi connectivity index (χ1v) is 6.45. The van der Waals surface area contributed by atoms with Gasteiger partial charge in [0.25, 0.3) is 0 Å². The normalized spacial score (nSPS) is 26.4. The average Bonchev–Trinajstić information content (AvgIpc) is 2.85. The molecule has 16 heavy (non-hydrogen) atoms. The molecule has 1 aromatic rings. The van der Waals surface area contributed by atoms with Gasteiger partial charge in [-0.1, -0.05) is 6.07 Å². The standard InChI is InChI=1S/C14H17NO/c1-2-9-6-12-13(15-11-4-5-11)8-16-14(12)7-10(9)3-1/h6-7,11,13,15H,1-5,8H2. The zero-order valence-corrected chi connectivity index (χ0v) is 9.46. The fourth-order valence-corrected chi connectivity index (χ4v) is 2.95. The summed E-state index contributed by atoms with van der Waals surface area (Å²) in [7, 11) is 0. The maximum atomic E-state index is 5.80. The van der Waals surface area contributed by atoms with Gasteiger partial charge >= 0.3 is 0 Å². The van der Waals surface area contributed by atoms with Crippen LogP contribution in [0.1, 0.15) is 42.0 Å². The summed E-state index contributed by atoms with van der Waals surface area (Å²) in [6.07, 6.45) is 6.51. The zero-order chi connectivity index (χ0) is 10.5. The highest BCUT2D eigenvalue weighted by atomic mass is 16.5. The van der Waals surface area contributed by atoms with E-state index < -0.39 is 0 Å². The lowest BCUT2D eigenvalue weighted by Gasteiger charge is -2.11. The highest BCUT2D eigenvalue weighted by Crippen LogP contribution is 2.38. The Kier molecular flexibility index (Phi) is 1.83. The van der Waals surface area contributed by atoms with Gasteiger partial charge in [-0.25, -0.2) is 0 Å². The number of ether oxygens (including phenoxy) is 1. The van der Waals surface area contributed by atoms with Gasteiger partial charge in [-0.05, 0) is 49.3 Å². The van der Waals surface area contributed by atoms with E-state index >= 15 is 0 Å². The molecule has 2 nitrogen and oxygen atoms in total. The Hall–Kier alpha value is -1.02. The molecule has 0 spiro atoms. The van der Waals surface area contributed by atoms with Crippen LogP contribution in [0.2, 0.25) is 0 Å².